The minimum absolute atomic E-state index is 0.348. The second-order valence-electron chi connectivity index (χ2n) is 5.74. The smallest absolute Gasteiger partial charge is 0.0365 e. The topological polar surface area (TPSA) is 0 Å². The van der Waals surface area contributed by atoms with Gasteiger partial charge in [0.1, 0.15) is 0 Å². The second-order valence-corrected chi connectivity index (χ2v) is 10.1. The van der Waals surface area contributed by atoms with E-state index in [1.807, 2.05) is 21.6 Å². The van der Waals surface area contributed by atoms with Crippen molar-refractivity contribution in [2.75, 3.05) is 0 Å². The summed E-state index contributed by atoms with van der Waals surface area (Å²) in [6, 6.07) is 0. The molecule has 1 heterocycles. The van der Waals surface area contributed by atoms with Gasteiger partial charge in [-0.15, -0.1) is 0 Å². The minimum atomic E-state index is 0.348. The number of hydrogen-bond acceptors (Lipinski definition) is 4. The zero-order valence-corrected chi connectivity index (χ0v) is 18.9. The van der Waals surface area contributed by atoms with Crippen LogP contribution in [0.4, 0.5) is 0 Å². The van der Waals surface area contributed by atoms with Gasteiger partial charge in [-0.25, -0.2) is 0 Å². The fraction of sp³-hybridized carbons (Fsp3) is 0.600. The minimum Gasteiger partial charge on any atom is -0.172 e. The van der Waals surface area contributed by atoms with E-state index in [0.29, 0.717) is 21.0 Å². The van der Waals surface area contributed by atoms with E-state index in [-0.39, 0.29) is 0 Å². The number of rotatable bonds is 7. The van der Waals surface area contributed by atoms with Crippen LogP contribution in [0.5, 0.6) is 0 Å². The van der Waals surface area contributed by atoms with Crippen molar-refractivity contribution in [3.8, 4) is 0 Å². The highest BCUT2D eigenvalue weighted by Gasteiger charge is 2.09. The lowest BCUT2D eigenvalue weighted by atomic mass is 10.2. The van der Waals surface area contributed by atoms with Crippen molar-refractivity contribution in [2.24, 2.45) is 0 Å². The Bertz CT molecular complexity index is 396. The fourth-order valence-electron chi connectivity index (χ4n) is 1.82. The van der Waals surface area contributed by atoms with E-state index in [1.54, 1.807) is 0 Å². The van der Waals surface area contributed by atoms with Crippen LogP contribution in [-0.2, 0) is 0 Å². The summed E-state index contributed by atoms with van der Waals surface area (Å²) in [5.41, 5.74) is 0. The molecule has 1 aliphatic heterocycles. The average Bonchev–Trinajstić information content (AvgIpc) is 2.75. The molecule has 24 heavy (non-hydrogen) atoms. The third-order valence-electron chi connectivity index (χ3n) is 3.08. The first kappa shape index (κ1) is 24.4. The van der Waals surface area contributed by atoms with Gasteiger partial charge in [-0.3, -0.25) is 0 Å². The standard InChI is InChI=1S/C10H16S2.C10H18S2/c1-3-4-7-10-8-5-6-9(2)11-12-10;1-3-4-7-10(12)8-5-6-9(2)11/h4-7,9-10H,3,8H2,1-2H3;4-7,9-12H,3,8H2,1-2H3. The van der Waals surface area contributed by atoms with Crippen LogP contribution in [0.25, 0.3) is 0 Å². The molecule has 4 heteroatoms. The third kappa shape index (κ3) is 15.9. The van der Waals surface area contributed by atoms with Gasteiger partial charge in [-0.1, -0.05) is 91.0 Å². The van der Waals surface area contributed by atoms with Crippen LogP contribution in [0.3, 0.4) is 0 Å². The zero-order chi connectivity index (χ0) is 18.2. The molecule has 0 aliphatic carbocycles. The van der Waals surface area contributed by atoms with Gasteiger partial charge in [-0.2, -0.15) is 25.3 Å². The predicted molar refractivity (Wildman–Crippen MR) is 126 cm³/mol. The van der Waals surface area contributed by atoms with Crippen molar-refractivity contribution in [3.05, 3.63) is 48.6 Å². The van der Waals surface area contributed by atoms with E-state index >= 15 is 0 Å². The summed E-state index contributed by atoms with van der Waals surface area (Å²) in [7, 11) is 3.98. The van der Waals surface area contributed by atoms with Crippen LogP contribution in [-0.4, -0.2) is 21.0 Å². The number of allylic oxidation sites excluding steroid dienone is 4. The summed E-state index contributed by atoms with van der Waals surface area (Å²) < 4.78 is 0. The van der Waals surface area contributed by atoms with Crippen molar-refractivity contribution in [1.29, 1.82) is 0 Å². The molecule has 4 atom stereocenters. The summed E-state index contributed by atoms with van der Waals surface area (Å²) in [4.78, 5) is 0. The largest absolute Gasteiger partial charge is 0.172 e. The number of thiol groups is 2. The van der Waals surface area contributed by atoms with Crippen molar-refractivity contribution in [3.63, 3.8) is 0 Å². The van der Waals surface area contributed by atoms with Crippen molar-refractivity contribution < 1.29 is 0 Å². The Kier molecular flexibility index (Phi) is 17.1. The summed E-state index contributed by atoms with van der Waals surface area (Å²) in [5, 5.41) is 2.07. The van der Waals surface area contributed by atoms with E-state index in [1.165, 1.54) is 6.42 Å². The quantitative estimate of drug-likeness (QED) is 0.256. The maximum absolute atomic E-state index is 4.40. The summed E-state index contributed by atoms with van der Waals surface area (Å²) in [6.07, 6.45) is 22.1. The van der Waals surface area contributed by atoms with Gasteiger partial charge in [0, 0.05) is 21.0 Å². The lowest BCUT2D eigenvalue weighted by Crippen LogP contribution is -1.92. The Hall–Kier alpha value is 0.360. The zero-order valence-electron chi connectivity index (χ0n) is 15.5. The van der Waals surface area contributed by atoms with Gasteiger partial charge in [0.25, 0.3) is 0 Å². The van der Waals surface area contributed by atoms with Gasteiger partial charge in [0.15, 0.2) is 0 Å². The average molecular weight is 403 g/mol. The molecular weight excluding hydrogens is 368 g/mol. The predicted octanol–water partition coefficient (Wildman–Crippen LogP) is 7.57. The summed E-state index contributed by atoms with van der Waals surface area (Å²) >= 11 is 8.64. The SMILES string of the molecule is CCC=CC(S)CC=CC(C)S.CCC=CC1CC=CC(C)SS1. The van der Waals surface area contributed by atoms with Crippen LogP contribution in [0, 0.1) is 0 Å². The highest BCUT2D eigenvalue weighted by atomic mass is 33.1. The Morgan fingerprint density at radius 2 is 1.79 bits per heavy atom. The van der Waals surface area contributed by atoms with Gasteiger partial charge < -0.3 is 0 Å². The third-order valence-corrected chi connectivity index (χ3v) is 6.79. The van der Waals surface area contributed by atoms with Crippen LogP contribution < -0.4 is 0 Å². The summed E-state index contributed by atoms with van der Waals surface area (Å²) in [5.74, 6) is 0. The van der Waals surface area contributed by atoms with Crippen molar-refractivity contribution >= 4 is 46.8 Å². The van der Waals surface area contributed by atoms with E-state index in [0.717, 1.165) is 19.3 Å². The van der Waals surface area contributed by atoms with Gasteiger partial charge in [0.2, 0.25) is 0 Å². The molecule has 0 nitrogen and oxygen atoms in total. The van der Waals surface area contributed by atoms with E-state index in [2.05, 4.69) is 102 Å². The van der Waals surface area contributed by atoms with Crippen molar-refractivity contribution in [2.45, 2.75) is 74.4 Å². The molecule has 0 bridgehead atoms. The van der Waals surface area contributed by atoms with Crippen molar-refractivity contribution in [1.82, 2.24) is 0 Å². The highest BCUT2D eigenvalue weighted by Crippen LogP contribution is 2.36. The van der Waals surface area contributed by atoms with Crippen LogP contribution >= 0.6 is 46.8 Å². The molecule has 138 valence electrons. The summed E-state index contributed by atoms with van der Waals surface area (Å²) in [6.45, 7) is 8.61. The number of hydrogen-bond donors (Lipinski definition) is 2. The molecule has 0 aromatic carbocycles. The normalized spacial score (nSPS) is 24.1. The Morgan fingerprint density at radius 1 is 1.08 bits per heavy atom. The molecule has 0 N–H and O–H groups in total. The molecule has 0 fully saturated rings. The molecule has 0 aromatic rings. The molecule has 1 aliphatic rings. The lowest BCUT2D eigenvalue weighted by molar-refractivity contribution is 1.05. The van der Waals surface area contributed by atoms with Gasteiger partial charge in [0.05, 0.1) is 0 Å². The van der Waals surface area contributed by atoms with E-state index < -0.39 is 0 Å². The fourth-order valence-corrected chi connectivity index (χ4v) is 4.62. The van der Waals surface area contributed by atoms with Crippen LogP contribution in [0.2, 0.25) is 0 Å². The molecule has 0 saturated carbocycles. The molecular formula is C20H34S4. The molecule has 0 amide bonds. The maximum Gasteiger partial charge on any atom is 0.0365 e. The lowest BCUT2D eigenvalue weighted by Gasteiger charge is -2.07. The monoisotopic (exact) mass is 402 g/mol. The van der Waals surface area contributed by atoms with E-state index in [9.17, 15) is 0 Å². The molecule has 0 spiro atoms. The first-order valence-corrected chi connectivity index (χ1v) is 12.1. The van der Waals surface area contributed by atoms with E-state index in [4.69, 9.17) is 0 Å². The first-order chi connectivity index (χ1) is 11.5. The van der Waals surface area contributed by atoms with Crippen LogP contribution in [0.15, 0.2) is 48.6 Å². The van der Waals surface area contributed by atoms with Gasteiger partial charge >= 0.3 is 0 Å². The molecule has 0 aromatic heterocycles. The van der Waals surface area contributed by atoms with Crippen LogP contribution in [0.1, 0.15) is 53.4 Å². The molecule has 1 rings (SSSR count). The Balaban J connectivity index is 0.000000441. The first-order valence-electron chi connectivity index (χ1n) is 8.84. The molecule has 0 saturated heterocycles. The van der Waals surface area contributed by atoms with Gasteiger partial charge in [-0.05, 0) is 32.6 Å². The maximum atomic E-state index is 4.40. The molecule has 0 radical (unpaired) electrons. The Labute approximate surface area is 169 Å². The highest BCUT2D eigenvalue weighted by molar-refractivity contribution is 8.77. The molecule has 4 unspecified atom stereocenters. The Morgan fingerprint density at radius 3 is 2.42 bits per heavy atom. The second kappa shape index (κ2) is 16.8.